The molecule has 1 saturated heterocycles. The molecule has 1 N–H and O–H groups in total. The van der Waals surface area contributed by atoms with Gasteiger partial charge in [-0.2, -0.15) is 13.2 Å². The molecule has 0 aliphatic carbocycles. The number of hydrogen-bond donors (Lipinski definition) is 1. The highest BCUT2D eigenvalue weighted by atomic mass is 32.2. The molecule has 0 saturated carbocycles. The molecule has 0 amide bonds. The lowest BCUT2D eigenvalue weighted by atomic mass is 10.2. The van der Waals surface area contributed by atoms with Crippen molar-refractivity contribution in [3.8, 4) is 5.75 Å². The van der Waals surface area contributed by atoms with Crippen LogP contribution in [0.1, 0.15) is 6.42 Å². The molecule has 1 aromatic carbocycles. The van der Waals surface area contributed by atoms with Crippen LogP contribution in [0.4, 0.5) is 18.9 Å². The Morgan fingerprint density at radius 3 is 2.60 bits per heavy atom. The van der Waals surface area contributed by atoms with Gasteiger partial charge in [-0.25, -0.2) is 8.42 Å². The summed E-state index contributed by atoms with van der Waals surface area (Å²) in [7, 11) is -3.05. The van der Waals surface area contributed by atoms with Gasteiger partial charge in [-0.1, -0.05) is 12.1 Å². The fourth-order valence-corrected chi connectivity index (χ4v) is 3.67. The third-order valence-electron chi connectivity index (χ3n) is 2.87. The van der Waals surface area contributed by atoms with Crippen molar-refractivity contribution in [2.45, 2.75) is 18.6 Å². The zero-order valence-corrected chi connectivity index (χ0v) is 11.3. The molecule has 1 heterocycles. The van der Waals surface area contributed by atoms with E-state index in [-0.39, 0.29) is 23.3 Å². The fourth-order valence-electron chi connectivity index (χ4n) is 2.00. The van der Waals surface area contributed by atoms with Crippen molar-refractivity contribution in [3.05, 3.63) is 24.3 Å². The molecule has 20 heavy (non-hydrogen) atoms. The van der Waals surface area contributed by atoms with E-state index in [0.29, 0.717) is 12.1 Å². The number of hydrogen-bond acceptors (Lipinski definition) is 4. The average molecular weight is 309 g/mol. The molecular formula is C12H14F3NO3S. The summed E-state index contributed by atoms with van der Waals surface area (Å²) < 4.78 is 63.9. The Morgan fingerprint density at radius 1 is 1.30 bits per heavy atom. The van der Waals surface area contributed by atoms with Gasteiger partial charge in [-0.05, 0) is 18.6 Å². The van der Waals surface area contributed by atoms with Gasteiger partial charge in [0.1, 0.15) is 5.75 Å². The smallest absolute Gasteiger partial charge is 0.422 e. The zero-order chi connectivity index (χ0) is 14.8. The molecule has 112 valence electrons. The summed E-state index contributed by atoms with van der Waals surface area (Å²) in [6.45, 7) is -1.38. The molecule has 1 atom stereocenters. The van der Waals surface area contributed by atoms with Crippen LogP contribution in [0.5, 0.6) is 5.75 Å². The van der Waals surface area contributed by atoms with Gasteiger partial charge in [0.15, 0.2) is 16.4 Å². The number of benzene rings is 1. The molecule has 0 bridgehead atoms. The second-order valence-electron chi connectivity index (χ2n) is 4.64. The molecule has 1 aliphatic heterocycles. The molecular weight excluding hydrogens is 295 g/mol. The first-order valence-electron chi connectivity index (χ1n) is 6.01. The van der Waals surface area contributed by atoms with Crippen molar-refractivity contribution in [3.63, 3.8) is 0 Å². The highest BCUT2D eigenvalue weighted by Crippen LogP contribution is 2.28. The van der Waals surface area contributed by atoms with E-state index in [1.165, 1.54) is 6.07 Å². The first kappa shape index (κ1) is 15.0. The van der Waals surface area contributed by atoms with Gasteiger partial charge in [-0.15, -0.1) is 0 Å². The Kier molecular flexibility index (Phi) is 4.12. The molecule has 1 fully saturated rings. The number of anilines is 1. The van der Waals surface area contributed by atoms with Crippen LogP contribution in [0.25, 0.3) is 0 Å². The van der Waals surface area contributed by atoms with Crippen LogP contribution in [0, 0.1) is 0 Å². The number of para-hydroxylation sites is 2. The topological polar surface area (TPSA) is 55.4 Å². The third-order valence-corrected chi connectivity index (χ3v) is 4.64. The molecule has 1 aliphatic rings. The van der Waals surface area contributed by atoms with Gasteiger partial charge >= 0.3 is 6.18 Å². The summed E-state index contributed by atoms with van der Waals surface area (Å²) in [5, 5.41) is 2.93. The Morgan fingerprint density at radius 2 is 2.00 bits per heavy atom. The molecule has 2 rings (SSSR count). The van der Waals surface area contributed by atoms with Gasteiger partial charge in [0.05, 0.1) is 17.2 Å². The number of nitrogens with one attached hydrogen (secondary N) is 1. The molecule has 4 nitrogen and oxygen atoms in total. The number of ether oxygens (including phenoxy) is 1. The standard InChI is InChI=1S/C12H14F3NO3S/c13-12(14,15)8-19-11-4-2-1-3-10(11)16-9-5-6-20(17,18)7-9/h1-4,9,16H,5-8H2. The molecule has 0 spiro atoms. The highest BCUT2D eigenvalue weighted by molar-refractivity contribution is 7.91. The largest absolute Gasteiger partial charge is 0.482 e. The Hall–Kier alpha value is -1.44. The van der Waals surface area contributed by atoms with Crippen molar-refractivity contribution >= 4 is 15.5 Å². The maximum atomic E-state index is 12.2. The van der Waals surface area contributed by atoms with Crippen LogP contribution in [0.3, 0.4) is 0 Å². The van der Waals surface area contributed by atoms with Gasteiger partial charge in [0.2, 0.25) is 0 Å². The maximum Gasteiger partial charge on any atom is 0.422 e. The van der Waals surface area contributed by atoms with E-state index in [4.69, 9.17) is 4.74 Å². The SMILES string of the molecule is O=S1(=O)CCC(Nc2ccccc2OCC(F)(F)F)C1. The molecule has 8 heteroatoms. The van der Waals surface area contributed by atoms with Gasteiger partial charge < -0.3 is 10.1 Å². The third kappa shape index (κ3) is 4.29. The molecule has 1 aromatic rings. The van der Waals surface area contributed by atoms with Crippen LogP contribution < -0.4 is 10.1 Å². The fraction of sp³-hybridized carbons (Fsp3) is 0.500. The summed E-state index contributed by atoms with van der Waals surface area (Å²) in [6, 6.07) is 5.89. The maximum absolute atomic E-state index is 12.2. The monoisotopic (exact) mass is 309 g/mol. The van der Waals surface area contributed by atoms with Crippen molar-refractivity contribution < 1.29 is 26.3 Å². The zero-order valence-electron chi connectivity index (χ0n) is 10.5. The quantitative estimate of drug-likeness (QED) is 0.926. The normalized spacial score (nSPS) is 21.6. The van der Waals surface area contributed by atoms with E-state index in [9.17, 15) is 21.6 Å². The Labute approximate surface area is 114 Å². The predicted molar refractivity (Wildman–Crippen MR) is 68.7 cm³/mol. The number of halogens is 3. The van der Waals surface area contributed by atoms with E-state index in [1.807, 2.05) is 0 Å². The number of alkyl halides is 3. The number of sulfone groups is 1. The molecule has 1 unspecified atom stereocenters. The van der Waals surface area contributed by atoms with E-state index >= 15 is 0 Å². The van der Waals surface area contributed by atoms with Crippen LogP contribution in [0.15, 0.2) is 24.3 Å². The van der Waals surface area contributed by atoms with Gasteiger partial charge in [-0.3, -0.25) is 0 Å². The van der Waals surface area contributed by atoms with Crippen LogP contribution in [-0.2, 0) is 9.84 Å². The van der Waals surface area contributed by atoms with Gasteiger partial charge in [0.25, 0.3) is 0 Å². The summed E-state index contributed by atoms with van der Waals surface area (Å²) in [5.41, 5.74) is 0.374. The van der Waals surface area contributed by atoms with E-state index in [1.54, 1.807) is 18.2 Å². The molecule has 0 aromatic heterocycles. The van der Waals surface area contributed by atoms with E-state index < -0.39 is 22.6 Å². The van der Waals surface area contributed by atoms with Crippen LogP contribution >= 0.6 is 0 Å². The lowest BCUT2D eigenvalue weighted by molar-refractivity contribution is -0.153. The minimum Gasteiger partial charge on any atom is -0.482 e. The van der Waals surface area contributed by atoms with Crippen molar-refractivity contribution in [2.75, 3.05) is 23.4 Å². The average Bonchev–Trinajstić information content (AvgIpc) is 2.66. The van der Waals surface area contributed by atoms with Crippen LogP contribution in [-0.4, -0.2) is 38.7 Å². The van der Waals surface area contributed by atoms with Crippen molar-refractivity contribution in [1.82, 2.24) is 0 Å². The van der Waals surface area contributed by atoms with Crippen molar-refractivity contribution in [1.29, 1.82) is 0 Å². The predicted octanol–water partition coefficient (Wildman–Crippen LogP) is 2.23. The van der Waals surface area contributed by atoms with E-state index in [0.717, 1.165) is 0 Å². The second-order valence-corrected chi connectivity index (χ2v) is 6.87. The van der Waals surface area contributed by atoms with Crippen molar-refractivity contribution in [2.24, 2.45) is 0 Å². The summed E-state index contributed by atoms with van der Waals surface area (Å²) in [5.74, 6) is 0.144. The van der Waals surface area contributed by atoms with Crippen LogP contribution in [0.2, 0.25) is 0 Å². The number of rotatable bonds is 4. The first-order valence-corrected chi connectivity index (χ1v) is 7.83. The first-order chi connectivity index (χ1) is 9.25. The second kappa shape index (κ2) is 5.51. The molecule has 0 radical (unpaired) electrons. The lowest BCUT2D eigenvalue weighted by Crippen LogP contribution is -2.23. The Bertz CT molecular complexity index is 572. The minimum atomic E-state index is -4.41. The minimum absolute atomic E-state index is 0.0133. The Balaban J connectivity index is 2.05. The summed E-state index contributed by atoms with van der Waals surface area (Å²) in [6.07, 6.45) is -3.97. The van der Waals surface area contributed by atoms with E-state index in [2.05, 4.69) is 5.32 Å². The highest BCUT2D eigenvalue weighted by Gasteiger charge is 2.30. The lowest BCUT2D eigenvalue weighted by Gasteiger charge is -2.17. The summed E-state index contributed by atoms with van der Waals surface area (Å²) in [4.78, 5) is 0. The van der Waals surface area contributed by atoms with Gasteiger partial charge in [0, 0.05) is 6.04 Å². The summed E-state index contributed by atoms with van der Waals surface area (Å²) >= 11 is 0.